The van der Waals surface area contributed by atoms with Gasteiger partial charge in [0.1, 0.15) is 48.3 Å². The average molecular weight is 1010 g/mol. The number of hydrogen-bond donors (Lipinski definition) is 13. The van der Waals surface area contributed by atoms with Gasteiger partial charge in [0, 0.05) is 19.4 Å². The van der Waals surface area contributed by atoms with Crippen molar-refractivity contribution in [1.29, 1.82) is 0 Å². The molecule has 1 saturated heterocycles. The Morgan fingerprint density at radius 3 is 1.72 bits per heavy atom. The minimum absolute atomic E-state index is 0.0226. The number of likely N-dealkylation sites (tertiary alicyclic amines) is 1. The van der Waals surface area contributed by atoms with E-state index in [-0.39, 0.29) is 25.3 Å². The number of aliphatic carboxylic acids is 2. The molecule has 2 rings (SSSR count). The lowest BCUT2D eigenvalue weighted by Crippen LogP contribution is -2.62. The second-order valence-corrected chi connectivity index (χ2v) is 18.3. The first-order valence-corrected chi connectivity index (χ1v) is 23.5. The predicted molar refractivity (Wildman–Crippen MR) is 253 cm³/mol. The molecule has 1 fully saturated rings. The number of carbonyl (C=O) groups excluding carboxylic acids is 9. The van der Waals surface area contributed by atoms with Crippen LogP contribution in [0.5, 0.6) is 0 Å². The van der Waals surface area contributed by atoms with Crippen LogP contribution in [0, 0.1) is 17.8 Å². The molecule has 0 spiro atoms. The van der Waals surface area contributed by atoms with Crippen LogP contribution in [-0.4, -0.2) is 164 Å². The molecule has 71 heavy (non-hydrogen) atoms. The van der Waals surface area contributed by atoms with Gasteiger partial charge in [-0.25, -0.2) is 4.79 Å². The number of benzene rings is 1. The number of primary amides is 1. The molecule has 0 saturated carbocycles. The molecule has 0 radical (unpaired) electrons. The van der Waals surface area contributed by atoms with Gasteiger partial charge in [0.25, 0.3) is 0 Å². The highest BCUT2D eigenvalue weighted by atomic mass is 16.4. The van der Waals surface area contributed by atoms with E-state index >= 15 is 0 Å². The molecule has 1 aliphatic heterocycles. The summed E-state index contributed by atoms with van der Waals surface area (Å²) >= 11 is 0. The molecule has 25 nitrogen and oxygen atoms in total. The fourth-order valence-electron chi connectivity index (χ4n) is 7.45. The molecular formula is C46H72N10O15. The van der Waals surface area contributed by atoms with E-state index in [4.69, 9.17) is 11.5 Å². The van der Waals surface area contributed by atoms with Crippen molar-refractivity contribution in [2.24, 2.45) is 29.2 Å². The lowest BCUT2D eigenvalue weighted by Gasteiger charge is -2.32. The Labute approximate surface area is 411 Å². The first kappa shape index (κ1) is 60.4. The number of nitrogens with two attached hydrogens (primary N) is 2. The Kier molecular flexibility index (Phi) is 24.5. The van der Waals surface area contributed by atoms with E-state index in [0.717, 1.165) is 6.92 Å². The number of nitrogens with one attached hydrogen (secondary N) is 7. The van der Waals surface area contributed by atoms with Crippen molar-refractivity contribution < 1.29 is 73.2 Å². The van der Waals surface area contributed by atoms with Crippen molar-refractivity contribution in [3.63, 3.8) is 0 Å². The smallest absolute Gasteiger partial charge is 0.326 e. The summed E-state index contributed by atoms with van der Waals surface area (Å²) in [6, 6.07) is -4.84. The van der Waals surface area contributed by atoms with Gasteiger partial charge in [-0.05, 0) is 49.5 Å². The molecular weight excluding hydrogens is 933 g/mol. The summed E-state index contributed by atoms with van der Waals surface area (Å²) in [6.07, 6.45) is -2.74. The molecule has 11 unspecified atom stereocenters. The van der Waals surface area contributed by atoms with Crippen LogP contribution in [0.3, 0.4) is 0 Å². The second-order valence-electron chi connectivity index (χ2n) is 18.3. The lowest BCUT2D eigenvalue weighted by molar-refractivity contribution is -0.144. The molecule has 1 aromatic rings. The Morgan fingerprint density at radius 2 is 1.20 bits per heavy atom. The van der Waals surface area contributed by atoms with Crippen molar-refractivity contribution >= 4 is 65.1 Å². The minimum Gasteiger partial charge on any atom is -0.481 e. The summed E-state index contributed by atoms with van der Waals surface area (Å²) in [7, 11) is 0. The first-order chi connectivity index (χ1) is 33.2. The zero-order valence-corrected chi connectivity index (χ0v) is 41.1. The van der Waals surface area contributed by atoms with Crippen LogP contribution >= 0.6 is 0 Å². The molecule has 0 bridgehead atoms. The van der Waals surface area contributed by atoms with Gasteiger partial charge in [-0.3, -0.25) is 47.9 Å². The summed E-state index contributed by atoms with van der Waals surface area (Å²) in [5.74, 6) is -13.0. The lowest BCUT2D eigenvalue weighted by atomic mass is 9.98. The van der Waals surface area contributed by atoms with E-state index in [9.17, 15) is 73.2 Å². The summed E-state index contributed by atoms with van der Waals surface area (Å²) in [5, 5.41) is 56.3. The van der Waals surface area contributed by atoms with Gasteiger partial charge < -0.3 is 74.0 Å². The van der Waals surface area contributed by atoms with Crippen LogP contribution in [0.2, 0.25) is 0 Å². The van der Waals surface area contributed by atoms with E-state index in [1.807, 2.05) is 0 Å². The van der Waals surface area contributed by atoms with Crippen LogP contribution in [-0.2, 0) is 59.2 Å². The molecule has 0 aliphatic carbocycles. The number of carbonyl (C=O) groups is 11. The zero-order chi connectivity index (χ0) is 53.9. The molecule has 1 aliphatic rings. The number of hydrogen-bond acceptors (Lipinski definition) is 14. The maximum absolute atomic E-state index is 14.3. The highest BCUT2D eigenvalue weighted by Gasteiger charge is 2.42. The Bertz CT molecular complexity index is 2060. The Balaban J connectivity index is 2.38. The Morgan fingerprint density at radius 1 is 0.676 bits per heavy atom. The Hall–Kier alpha value is -6.73. The molecule has 396 valence electrons. The van der Waals surface area contributed by atoms with Crippen LogP contribution in [0.4, 0.5) is 0 Å². The third kappa shape index (κ3) is 18.8. The van der Waals surface area contributed by atoms with Crippen molar-refractivity contribution in [2.45, 2.75) is 154 Å². The molecule has 1 aromatic carbocycles. The van der Waals surface area contributed by atoms with Crippen molar-refractivity contribution in [3.05, 3.63) is 35.9 Å². The summed E-state index contributed by atoms with van der Waals surface area (Å²) in [4.78, 5) is 146. The normalized spacial score (nSPS) is 17.6. The summed E-state index contributed by atoms with van der Waals surface area (Å²) in [6.45, 7) is 9.98. The van der Waals surface area contributed by atoms with E-state index in [2.05, 4.69) is 37.2 Å². The van der Waals surface area contributed by atoms with Gasteiger partial charge >= 0.3 is 11.9 Å². The number of aliphatic hydroxyl groups excluding tert-OH is 2. The first-order valence-electron chi connectivity index (χ1n) is 23.5. The third-order valence-electron chi connectivity index (χ3n) is 12.0. The van der Waals surface area contributed by atoms with E-state index < -0.39 is 163 Å². The number of nitrogens with zero attached hydrogens (tertiary/aromatic N) is 1. The summed E-state index contributed by atoms with van der Waals surface area (Å²) in [5.41, 5.74) is 11.9. The molecule has 0 aromatic heterocycles. The van der Waals surface area contributed by atoms with Gasteiger partial charge in [0.05, 0.1) is 25.2 Å². The van der Waals surface area contributed by atoms with Crippen LogP contribution in [0.1, 0.15) is 92.6 Å². The molecule has 11 atom stereocenters. The standard InChI is InChI=1S/C46H72N10O15/c1-8-24(6)34(48)43(67)55-37(25(7)58)44(68)51-29(20-33(60)61)40(64)49-27(16-17-32(47)59)38(62)53-35(22(2)3)45(69)56-18-12-15-31(56)42(66)50-28(19-26-13-10-9-11-14-26)39(63)52-30(21-57)41(65)54-36(23(4)5)46(70)71/h9-11,13-14,22-25,27-31,34-37,57-58H,8,12,15-21,48H2,1-7H3,(H2,47,59)(H,49,64)(H,50,66)(H,51,68)(H,52,63)(H,53,62)(H,54,65)(H,55,67)(H,60,61)(H,70,71). The van der Waals surface area contributed by atoms with Gasteiger partial charge in [0.2, 0.25) is 53.2 Å². The molecule has 1 heterocycles. The van der Waals surface area contributed by atoms with Gasteiger partial charge in [-0.2, -0.15) is 0 Å². The van der Waals surface area contributed by atoms with Crippen LogP contribution in [0.15, 0.2) is 30.3 Å². The maximum Gasteiger partial charge on any atom is 0.326 e. The molecule has 15 N–H and O–H groups in total. The number of amides is 9. The fraction of sp³-hybridized carbons (Fsp3) is 0.630. The van der Waals surface area contributed by atoms with Gasteiger partial charge in [0.15, 0.2) is 0 Å². The number of carboxylic acid groups (broad SMARTS) is 2. The van der Waals surface area contributed by atoms with Crippen molar-refractivity contribution in [3.8, 4) is 0 Å². The largest absolute Gasteiger partial charge is 0.481 e. The van der Waals surface area contributed by atoms with Crippen LogP contribution in [0.25, 0.3) is 0 Å². The number of carboxylic acids is 2. The highest BCUT2D eigenvalue weighted by Crippen LogP contribution is 2.22. The third-order valence-corrected chi connectivity index (χ3v) is 12.0. The average Bonchev–Trinajstić information content (AvgIpc) is 3.81. The summed E-state index contributed by atoms with van der Waals surface area (Å²) < 4.78 is 0. The molecule has 25 heteroatoms. The topological polar surface area (TPSA) is 408 Å². The zero-order valence-electron chi connectivity index (χ0n) is 41.1. The minimum atomic E-state index is -1.91. The quantitative estimate of drug-likeness (QED) is 0.0370. The monoisotopic (exact) mass is 1000 g/mol. The van der Waals surface area contributed by atoms with E-state index in [0.29, 0.717) is 18.4 Å². The van der Waals surface area contributed by atoms with Gasteiger partial charge in [-0.15, -0.1) is 0 Å². The van der Waals surface area contributed by atoms with Crippen LogP contribution < -0.4 is 48.7 Å². The maximum atomic E-state index is 14.3. The van der Waals surface area contributed by atoms with Crippen molar-refractivity contribution in [2.75, 3.05) is 13.2 Å². The SMILES string of the molecule is CCC(C)C(N)C(=O)NC(C(=O)NC(CC(=O)O)C(=O)NC(CCC(N)=O)C(=O)NC(C(=O)N1CCCC1C(=O)NC(Cc1ccccc1)C(=O)NC(CO)C(=O)NC(C(=O)O)C(C)C)C(C)C)C(C)O. The number of aliphatic hydroxyl groups is 2. The van der Waals surface area contributed by atoms with E-state index in [1.54, 1.807) is 71.9 Å². The fourth-order valence-corrected chi connectivity index (χ4v) is 7.45. The predicted octanol–water partition coefficient (Wildman–Crippen LogP) is -3.50. The molecule has 9 amide bonds. The van der Waals surface area contributed by atoms with Gasteiger partial charge in [-0.1, -0.05) is 78.3 Å². The second kappa shape index (κ2) is 28.8. The van der Waals surface area contributed by atoms with E-state index in [1.165, 1.54) is 4.90 Å². The highest BCUT2D eigenvalue weighted by molar-refractivity contribution is 5.99. The van der Waals surface area contributed by atoms with Crippen molar-refractivity contribution in [1.82, 2.24) is 42.1 Å². The number of rotatable bonds is 29.